The number of carbonyl (C=O) groups is 1. The van der Waals surface area contributed by atoms with Crippen molar-refractivity contribution in [2.75, 3.05) is 11.1 Å². The van der Waals surface area contributed by atoms with Gasteiger partial charge in [-0.3, -0.25) is 9.36 Å². The highest BCUT2D eigenvalue weighted by atomic mass is 35.5. The van der Waals surface area contributed by atoms with Crippen molar-refractivity contribution in [3.63, 3.8) is 0 Å². The molecule has 0 aliphatic rings. The van der Waals surface area contributed by atoms with Gasteiger partial charge in [-0.05, 0) is 36.6 Å². The molecule has 0 saturated heterocycles. The summed E-state index contributed by atoms with van der Waals surface area (Å²) < 4.78 is 7.89. The molecular weight excluding hydrogens is 444 g/mol. The van der Waals surface area contributed by atoms with E-state index < -0.39 is 0 Å². The van der Waals surface area contributed by atoms with Crippen LogP contribution in [0, 0.1) is 0 Å². The van der Waals surface area contributed by atoms with Crippen LogP contribution in [-0.4, -0.2) is 26.4 Å². The van der Waals surface area contributed by atoms with Crippen molar-refractivity contribution in [1.29, 1.82) is 0 Å². The number of aromatic nitrogens is 3. The lowest BCUT2D eigenvalue weighted by Gasteiger charge is -2.16. The summed E-state index contributed by atoms with van der Waals surface area (Å²) in [5, 5.41) is 12.7. The Morgan fingerprint density at radius 2 is 1.91 bits per heavy atom. The van der Waals surface area contributed by atoms with E-state index >= 15 is 0 Å². The van der Waals surface area contributed by atoms with Crippen LogP contribution in [0.1, 0.15) is 44.2 Å². The molecule has 32 heavy (non-hydrogen) atoms. The minimum absolute atomic E-state index is 0.0989. The van der Waals surface area contributed by atoms with E-state index in [9.17, 15) is 4.79 Å². The smallest absolute Gasteiger partial charge is 0.234 e. The third kappa shape index (κ3) is 5.93. The van der Waals surface area contributed by atoms with E-state index in [1.54, 1.807) is 12.1 Å². The van der Waals surface area contributed by atoms with E-state index in [1.807, 2.05) is 54.0 Å². The van der Waals surface area contributed by atoms with E-state index in [4.69, 9.17) is 16.3 Å². The number of thioether (sulfide) groups is 1. The lowest BCUT2D eigenvalue weighted by molar-refractivity contribution is -0.113. The number of carbonyl (C=O) groups excluding carboxylic acids is 1. The highest BCUT2D eigenvalue weighted by molar-refractivity contribution is 7.99. The summed E-state index contributed by atoms with van der Waals surface area (Å²) in [7, 11) is 0. The topological polar surface area (TPSA) is 69.0 Å². The average molecular weight is 471 g/mol. The summed E-state index contributed by atoms with van der Waals surface area (Å²) in [6.07, 6.45) is 1.38. The Hall–Kier alpha value is -2.77. The Bertz CT molecular complexity index is 1080. The number of rotatable bonds is 10. The second-order valence-corrected chi connectivity index (χ2v) is 8.86. The first-order valence-corrected chi connectivity index (χ1v) is 11.7. The molecule has 0 saturated carbocycles. The monoisotopic (exact) mass is 470 g/mol. The Balaban J connectivity index is 1.69. The van der Waals surface area contributed by atoms with Crippen molar-refractivity contribution >= 4 is 35.0 Å². The number of para-hydroxylation sites is 2. The summed E-state index contributed by atoms with van der Waals surface area (Å²) in [4.78, 5) is 12.6. The third-order valence-electron chi connectivity index (χ3n) is 4.75. The lowest BCUT2D eigenvalue weighted by Crippen LogP contribution is -2.16. The first-order chi connectivity index (χ1) is 15.4. The van der Waals surface area contributed by atoms with Gasteiger partial charge in [0.05, 0.1) is 10.8 Å². The molecule has 3 aromatic rings. The molecule has 6 nitrogen and oxygen atoms in total. The van der Waals surface area contributed by atoms with Crippen molar-refractivity contribution in [2.24, 2.45) is 0 Å². The summed E-state index contributed by atoms with van der Waals surface area (Å²) in [6, 6.07) is 15.1. The van der Waals surface area contributed by atoms with Crippen LogP contribution in [0.3, 0.4) is 0 Å². The summed E-state index contributed by atoms with van der Waals surface area (Å²) in [5.74, 6) is 1.64. The zero-order chi connectivity index (χ0) is 23.1. The molecule has 1 N–H and O–H groups in total. The molecule has 8 heteroatoms. The summed E-state index contributed by atoms with van der Waals surface area (Å²) in [6.45, 7) is 10.4. The number of benzene rings is 2. The van der Waals surface area contributed by atoms with Gasteiger partial charge in [0.2, 0.25) is 5.91 Å². The maximum Gasteiger partial charge on any atom is 0.234 e. The van der Waals surface area contributed by atoms with Crippen LogP contribution in [0.15, 0.2) is 66.3 Å². The van der Waals surface area contributed by atoms with Crippen molar-refractivity contribution in [3.8, 4) is 5.75 Å². The van der Waals surface area contributed by atoms with Gasteiger partial charge in [-0.15, -0.1) is 16.8 Å². The SMILES string of the molecule is C=CCn1c(SCC(=O)Nc2ccccc2C(C)C)nnc1C(C)Oc1ccccc1Cl. The van der Waals surface area contributed by atoms with E-state index in [1.165, 1.54) is 11.8 Å². The summed E-state index contributed by atoms with van der Waals surface area (Å²) in [5.41, 5.74) is 1.94. The summed E-state index contributed by atoms with van der Waals surface area (Å²) >= 11 is 7.54. The third-order valence-corrected chi connectivity index (χ3v) is 6.03. The van der Waals surface area contributed by atoms with Gasteiger partial charge in [0.25, 0.3) is 0 Å². The Morgan fingerprint density at radius 1 is 1.19 bits per heavy atom. The molecule has 168 valence electrons. The largest absolute Gasteiger partial charge is 0.481 e. The minimum atomic E-state index is -0.386. The predicted molar refractivity (Wildman–Crippen MR) is 131 cm³/mol. The number of nitrogens with one attached hydrogen (secondary N) is 1. The molecule has 2 aromatic carbocycles. The normalized spacial score (nSPS) is 11.9. The predicted octanol–water partition coefficient (Wildman–Crippen LogP) is 6.11. The number of hydrogen-bond donors (Lipinski definition) is 1. The van der Waals surface area contributed by atoms with Gasteiger partial charge in [-0.1, -0.05) is 73.6 Å². The first kappa shape index (κ1) is 23.9. The number of amides is 1. The highest BCUT2D eigenvalue weighted by Gasteiger charge is 2.20. The molecule has 0 fully saturated rings. The molecule has 1 heterocycles. The van der Waals surface area contributed by atoms with Crippen LogP contribution >= 0.6 is 23.4 Å². The Labute approximate surface area is 198 Å². The van der Waals surface area contributed by atoms with Crippen molar-refractivity contribution in [1.82, 2.24) is 14.8 Å². The van der Waals surface area contributed by atoms with Crippen molar-refractivity contribution < 1.29 is 9.53 Å². The highest BCUT2D eigenvalue weighted by Crippen LogP contribution is 2.30. The van der Waals surface area contributed by atoms with Crippen LogP contribution in [-0.2, 0) is 11.3 Å². The van der Waals surface area contributed by atoms with Crippen LogP contribution in [0.2, 0.25) is 5.02 Å². The van der Waals surface area contributed by atoms with Crippen molar-refractivity contribution in [2.45, 2.75) is 44.5 Å². The second kappa shape index (κ2) is 11.2. The van der Waals surface area contributed by atoms with Gasteiger partial charge < -0.3 is 10.1 Å². The van der Waals surface area contributed by atoms with Gasteiger partial charge in [0, 0.05) is 12.2 Å². The molecule has 1 amide bonds. The number of allylic oxidation sites excluding steroid dienone is 1. The van der Waals surface area contributed by atoms with E-state index in [0.717, 1.165) is 11.3 Å². The van der Waals surface area contributed by atoms with Crippen molar-refractivity contribution in [3.05, 3.63) is 77.6 Å². The number of ether oxygens (including phenoxy) is 1. The molecular formula is C24H27ClN4O2S. The minimum Gasteiger partial charge on any atom is -0.481 e. The van der Waals surface area contributed by atoms with Crippen LogP contribution in [0.5, 0.6) is 5.75 Å². The molecule has 1 atom stereocenters. The molecule has 1 unspecified atom stereocenters. The molecule has 0 aliphatic heterocycles. The average Bonchev–Trinajstić information content (AvgIpc) is 3.17. The molecule has 1 aromatic heterocycles. The maximum atomic E-state index is 12.6. The van der Waals surface area contributed by atoms with Crippen LogP contribution in [0.4, 0.5) is 5.69 Å². The number of nitrogens with zero attached hydrogens (tertiary/aromatic N) is 3. The molecule has 3 rings (SSSR count). The van der Waals surface area contributed by atoms with Gasteiger partial charge >= 0.3 is 0 Å². The van der Waals surface area contributed by atoms with Gasteiger partial charge in [0.15, 0.2) is 17.1 Å². The van der Waals surface area contributed by atoms with Gasteiger partial charge in [-0.2, -0.15) is 0 Å². The zero-order valence-corrected chi connectivity index (χ0v) is 20.0. The fourth-order valence-corrected chi connectivity index (χ4v) is 4.16. The standard InChI is InChI=1S/C24H27ClN4O2S/c1-5-14-29-23(17(4)31-21-13-9-7-11-19(21)25)27-28-24(29)32-15-22(30)26-20-12-8-6-10-18(20)16(2)3/h5-13,16-17H,1,14-15H2,2-4H3,(H,26,30). The molecule has 0 bridgehead atoms. The number of halogens is 1. The van der Waals surface area contributed by atoms with E-state index in [0.29, 0.717) is 34.2 Å². The fourth-order valence-electron chi connectivity index (χ4n) is 3.22. The quantitative estimate of drug-likeness (QED) is 0.286. The Morgan fingerprint density at radius 3 is 2.62 bits per heavy atom. The molecule has 0 radical (unpaired) electrons. The zero-order valence-electron chi connectivity index (χ0n) is 18.4. The van der Waals surface area contributed by atoms with E-state index in [-0.39, 0.29) is 17.8 Å². The number of hydrogen-bond acceptors (Lipinski definition) is 5. The van der Waals surface area contributed by atoms with Gasteiger partial charge in [0.1, 0.15) is 5.75 Å². The number of anilines is 1. The van der Waals surface area contributed by atoms with Gasteiger partial charge in [-0.25, -0.2) is 0 Å². The fraction of sp³-hybridized carbons (Fsp3) is 0.292. The molecule has 0 aliphatic carbocycles. The lowest BCUT2D eigenvalue weighted by atomic mass is 10.0. The second-order valence-electron chi connectivity index (χ2n) is 7.51. The van der Waals surface area contributed by atoms with Crippen LogP contribution < -0.4 is 10.1 Å². The van der Waals surface area contributed by atoms with Crippen LogP contribution in [0.25, 0.3) is 0 Å². The molecule has 0 spiro atoms. The maximum absolute atomic E-state index is 12.6. The van der Waals surface area contributed by atoms with E-state index in [2.05, 4.69) is 35.9 Å². The first-order valence-electron chi connectivity index (χ1n) is 10.4. The Kier molecular flexibility index (Phi) is 8.36.